The first kappa shape index (κ1) is 12.9. The van der Waals surface area contributed by atoms with Gasteiger partial charge in [0.2, 0.25) is 5.91 Å². The van der Waals surface area contributed by atoms with Crippen molar-refractivity contribution in [3.05, 3.63) is 12.2 Å². The van der Waals surface area contributed by atoms with E-state index in [4.69, 9.17) is 0 Å². The molecule has 4 aliphatic carbocycles. The number of hydrogen-bond donors (Lipinski definition) is 0. The predicted molar refractivity (Wildman–Crippen MR) is 80.1 cm³/mol. The zero-order valence-electron chi connectivity index (χ0n) is 12.5. The summed E-state index contributed by atoms with van der Waals surface area (Å²) in [6.45, 7) is 2.15. The summed E-state index contributed by atoms with van der Waals surface area (Å²) in [5.41, 5.74) is 0. The Labute approximate surface area is 122 Å². The molecule has 2 nitrogen and oxygen atoms in total. The SMILES string of the molecule is O=C(C1CC1)N(CC1CC1)CC1CC1C1CC=CCC1. The number of allylic oxidation sites excluding steroid dienone is 2. The Morgan fingerprint density at radius 1 is 1.05 bits per heavy atom. The first-order chi connectivity index (χ1) is 9.81. The molecule has 0 spiro atoms. The maximum Gasteiger partial charge on any atom is 0.225 e. The van der Waals surface area contributed by atoms with Crippen molar-refractivity contribution in [3.63, 3.8) is 0 Å². The lowest BCUT2D eigenvalue weighted by Crippen LogP contribution is -2.36. The molecule has 0 bridgehead atoms. The van der Waals surface area contributed by atoms with Crippen LogP contribution in [0.25, 0.3) is 0 Å². The minimum absolute atomic E-state index is 0.406. The third kappa shape index (κ3) is 2.94. The van der Waals surface area contributed by atoms with E-state index in [1.807, 2.05) is 0 Å². The fourth-order valence-corrected chi connectivity index (χ4v) is 4.00. The van der Waals surface area contributed by atoms with Crippen molar-refractivity contribution in [2.24, 2.45) is 29.6 Å². The van der Waals surface area contributed by atoms with E-state index in [1.54, 1.807) is 0 Å². The van der Waals surface area contributed by atoms with Crippen molar-refractivity contribution < 1.29 is 4.79 Å². The maximum atomic E-state index is 12.4. The Kier molecular flexibility index (Phi) is 3.36. The molecule has 3 atom stereocenters. The van der Waals surface area contributed by atoms with Gasteiger partial charge in [-0.05, 0) is 75.0 Å². The topological polar surface area (TPSA) is 20.3 Å². The van der Waals surface area contributed by atoms with Crippen LogP contribution in [0, 0.1) is 29.6 Å². The Hall–Kier alpha value is -0.790. The third-order valence-electron chi connectivity index (χ3n) is 5.76. The van der Waals surface area contributed by atoms with Crippen LogP contribution >= 0.6 is 0 Å². The van der Waals surface area contributed by atoms with E-state index in [0.29, 0.717) is 11.8 Å². The van der Waals surface area contributed by atoms with Gasteiger partial charge < -0.3 is 4.90 Å². The molecule has 4 aliphatic rings. The molecule has 110 valence electrons. The van der Waals surface area contributed by atoms with E-state index in [-0.39, 0.29) is 0 Å². The van der Waals surface area contributed by atoms with Crippen LogP contribution in [0.1, 0.15) is 51.4 Å². The van der Waals surface area contributed by atoms with Crippen LogP contribution in [0.3, 0.4) is 0 Å². The largest absolute Gasteiger partial charge is 0.342 e. The summed E-state index contributed by atoms with van der Waals surface area (Å²) in [5, 5.41) is 0. The molecule has 0 aromatic rings. The predicted octanol–water partition coefficient (Wildman–Crippen LogP) is 3.63. The molecule has 0 saturated heterocycles. The monoisotopic (exact) mass is 273 g/mol. The van der Waals surface area contributed by atoms with Gasteiger partial charge in [0.05, 0.1) is 0 Å². The zero-order chi connectivity index (χ0) is 13.5. The number of amides is 1. The molecule has 3 fully saturated rings. The summed E-state index contributed by atoms with van der Waals surface area (Å²) in [4.78, 5) is 14.7. The van der Waals surface area contributed by atoms with E-state index in [0.717, 1.165) is 49.6 Å². The maximum absolute atomic E-state index is 12.4. The summed E-state index contributed by atoms with van der Waals surface area (Å²) >= 11 is 0. The smallest absolute Gasteiger partial charge is 0.225 e. The molecule has 0 heterocycles. The van der Waals surface area contributed by atoms with Gasteiger partial charge in [0, 0.05) is 19.0 Å². The summed E-state index contributed by atoms with van der Waals surface area (Å²) in [7, 11) is 0. The lowest BCUT2D eigenvalue weighted by atomic mass is 9.89. The van der Waals surface area contributed by atoms with Crippen LogP contribution < -0.4 is 0 Å². The molecule has 0 N–H and O–H groups in total. The van der Waals surface area contributed by atoms with Crippen molar-refractivity contribution in [3.8, 4) is 0 Å². The number of nitrogens with zero attached hydrogens (tertiary/aromatic N) is 1. The molecule has 3 saturated carbocycles. The molecule has 0 aromatic heterocycles. The molecule has 20 heavy (non-hydrogen) atoms. The highest BCUT2D eigenvalue weighted by atomic mass is 16.2. The lowest BCUT2D eigenvalue weighted by Gasteiger charge is -2.24. The zero-order valence-corrected chi connectivity index (χ0v) is 12.5. The van der Waals surface area contributed by atoms with Crippen molar-refractivity contribution in [1.29, 1.82) is 0 Å². The second kappa shape index (κ2) is 5.20. The minimum atomic E-state index is 0.406. The minimum Gasteiger partial charge on any atom is -0.342 e. The summed E-state index contributed by atoms with van der Waals surface area (Å²) in [5.74, 6) is 4.41. The molecule has 0 aromatic carbocycles. The molecule has 3 unspecified atom stereocenters. The van der Waals surface area contributed by atoms with E-state index < -0.39 is 0 Å². The van der Waals surface area contributed by atoms with Gasteiger partial charge in [-0.3, -0.25) is 4.79 Å². The number of hydrogen-bond acceptors (Lipinski definition) is 1. The summed E-state index contributed by atoms with van der Waals surface area (Å²) in [6, 6.07) is 0. The Morgan fingerprint density at radius 2 is 1.90 bits per heavy atom. The van der Waals surface area contributed by atoms with Crippen molar-refractivity contribution >= 4 is 5.91 Å². The summed E-state index contributed by atoms with van der Waals surface area (Å²) in [6.07, 6.45) is 15.1. The van der Waals surface area contributed by atoms with Gasteiger partial charge in [-0.25, -0.2) is 0 Å². The highest BCUT2D eigenvalue weighted by molar-refractivity contribution is 5.81. The van der Waals surface area contributed by atoms with Gasteiger partial charge >= 0.3 is 0 Å². The highest BCUT2D eigenvalue weighted by Gasteiger charge is 2.45. The van der Waals surface area contributed by atoms with Crippen LogP contribution in [0.15, 0.2) is 12.2 Å². The molecule has 4 rings (SSSR count). The van der Waals surface area contributed by atoms with Crippen LogP contribution in [-0.2, 0) is 4.79 Å². The van der Waals surface area contributed by atoms with Crippen LogP contribution in [0.4, 0.5) is 0 Å². The number of carbonyl (C=O) groups excluding carboxylic acids is 1. The fourth-order valence-electron chi connectivity index (χ4n) is 4.00. The Morgan fingerprint density at radius 3 is 2.55 bits per heavy atom. The second-order valence-corrected chi connectivity index (χ2v) is 7.67. The highest BCUT2D eigenvalue weighted by Crippen LogP contribution is 2.49. The molecule has 1 amide bonds. The van der Waals surface area contributed by atoms with Crippen LogP contribution in [0.5, 0.6) is 0 Å². The van der Waals surface area contributed by atoms with E-state index in [9.17, 15) is 4.79 Å². The molecule has 0 radical (unpaired) electrons. The lowest BCUT2D eigenvalue weighted by molar-refractivity contribution is -0.133. The number of rotatable bonds is 6. The van der Waals surface area contributed by atoms with Crippen molar-refractivity contribution in [2.75, 3.05) is 13.1 Å². The van der Waals surface area contributed by atoms with E-state index >= 15 is 0 Å². The average molecular weight is 273 g/mol. The van der Waals surface area contributed by atoms with Gasteiger partial charge in [0.15, 0.2) is 0 Å². The van der Waals surface area contributed by atoms with Gasteiger partial charge in [-0.2, -0.15) is 0 Å². The Bertz CT molecular complexity index is 408. The second-order valence-electron chi connectivity index (χ2n) is 7.67. The van der Waals surface area contributed by atoms with Crippen LogP contribution in [-0.4, -0.2) is 23.9 Å². The molecular formula is C18H27NO. The van der Waals surface area contributed by atoms with Gasteiger partial charge in [-0.1, -0.05) is 12.2 Å². The van der Waals surface area contributed by atoms with E-state index in [1.165, 1.54) is 38.5 Å². The number of carbonyl (C=O) groups is 1. The van der Waals surface area contributed by atoms with Gasteiger partial charge in [0.25, 0.3) is 0 Å². The van der Waals surface area contributed by atoms with Gasteiger partial charge in [0.1, 0.15) is 0 Å². The molecule has 2 heteroatoms. The molecular weight excluding hydrogens is 246 g/mol. The van der Waals surface area contributed by atoms with E-state index in [2.05, 4.69) is 17.1 Å². The first-order valence-corrected chi connectivity index (χ1v) is 8.75. The Balaban J connectivity index is 1.31. The van der Waals surface area contributed by atoms with Crippen molar-refractivity contribution in [1.82, 2.24) is 4.90 Å². The molecule has 0 aliphatic heterocycles. The first-order valence-electron chi connectivity index (χ1n) is 8.75. The quantitative estimate of drug-likeness (QED) is 0.677. The summed E-state index contributed by atoms with van der Waals surface area (Å²) < 4.78 is 0. The van der Waals surface area contributed by atoms with Crippen molar-refractivity contribution in [2.45, 2.75) is 51.4 Å². The normalized spacial score (nSPS) is 35.9. The van der Waals surface area contributed by atoms with Crippen LogP contribution in [0.2, 0.25) is 0 Å². The average Bonchev–Trinajstić information content (AvgIpc) is 3.34. The standard InChI is InChI=1S/C18H27NO/c20-18(15-8-9-15)19(11-13-6-7-13)12-16-10-17(16)14-4-2-1-3-5-14/h1-2,13-17H,3-12H2. The fraction of sp³-hybridized carbons (Fsp3) is 0.833. The van der Waals surface area contributed by atoms with Gasteiger partial charge in [-0.15, -0.1) is 0 Å². The third-order valence-corrected chi connectivity index (χ3v) is 5.76.